The Bertz CT molecular complexity index is 1590. The third-order valence-corrected chi connectivity index (χ3v) is 7.67. The number of carbonyl (C=O) groups is 1. The summed E-state index contributed by atoms with van der Waals surface area (Å²) < 4.78 is 54.3. The maximum absolute atomic E-state index is 14.3. The minimum absolute atomic E-state index is 0.0248. The number of benzene rings is 1. The molecule has 5 rings (SSSR count). The molecule has 0 saturated carbocycles. The number of halogens is 3. The van der Waals surface area contributed by atoms with Crippen molar-refractivity contribution in [3.63, 3.8) is 0 Å². The summed E-state index contributed by atoms with van der Waals surface area (Å²) in [7, 11) is 3.04. The number of aromatic nitrogens is 4. The van der Waals surface area contributed by atoms with E-state index in [1.807, 2.05) is 11.8 Å². The zero-order valence-electron chi connectivity index (χ0n) is 23.6. The zero-order chi connectivity index (χ0) is 30.2. The van der Waals surface area contributed by atoms with Gasteiger partial charge in [0.2, 0.25) is 0 Å². The van der Waals surface area contributed by atoms with Gasteiger partial charge in [0.15, 0.2) is 11.3 Å². The van der Waals surface area contributed by atoms with Gasteiger partial charge in [-0.15, -0.1) is 0 Å². The molecule has 13 heteroatoms. The van der Waals surface area contributed by atoms with Gasteiger partial charge in [-0.2, -0.15) is 18.3 Å². The van der Waals surface area contributed by atoms with Gasteiger partial charge in [-0.25, -0.2) is 9.50 Å². The lowest BCUT2D eigenvalue weighted by Gasteiger charge is -2.43. The number of nitrogens with zero attached hydrogens (tertiary/aromatic N) is 6. The second-order valence-electron chi connectivity index (χ2n) is 10.1. The molecule has 1 N–H and O–H groups in total. The van der Waals surface area contributed by atoms with E-state index in [4.69, 9.17) is 9.47 Å². The minimum atomic E-state index is -4.75. The maximum atomic E-state index is 14.3. The fourth-order valence-electron chi connectivity index (χ4n) is 5.55. The molecule has 1 saturated heterocycles. The molecular weight excluding hydrogens is 553 g/mol. The highest BCUT2D eigenvalue weighted by Gasteiger charge is 2.40. The Hall–Kier alpha value is -4.23. The van der Waals surface area contributed by atoms with E-state index >= 15 is 0 Å². The number of ether oxygens (including phenoxy) is 2. The van der Waals surface area contributed by atoms with Gasteiger partial charge in [-0.05, 0) is 44.2 Å². The first-order valence-corrected chi connectivity index (χ1v) is 13.3. The fourth-order valence-corrected chi connectivity index (χ4v) is 5.55. The number of aliphatic hydroxyl groups excluding tert-OH is 1. The summed E-state index contributed by atoms with van der Waals surface area (Å²) in [6, 6.07) is 7.51. The number of rotatable bonds is 7. The van der Waals surface area contributed by atoms with Crippen molar-refractivity contribution < 1.29 is 32.5 Å². The number of hydrogen-bond donors (Lipinski definition) is 1. The summed E-state index contributed by atoms with van der Waals surface area (Å²) in [5.41, 5.74) is -0.0289. The first-order valence-electron chi connectivity index (χ1n) is 13.3. The summed E-state index contributed by atoms with van der Waals surface area (Å²) in [6.07, 6.45) is -0.350. The molecule has 4 aromatic rings. The number of piperazine rings is 1. The number of fused-ring (bicyclic) bond motifs is 1. The number of methoxy groups -OCH3 is 2. The van der Waals surface area contributed by atoms with Crippen LogP contribution in [-0.2, 0) is 6.18 Å². The smallest absolute Gasteiger partial charge is 0.433 e. The van der Waals surface area contributed by atoms with Gasteiger partial charge in [0.05, 0.1) is 38.8 Å². The van der Waals surface area contributed by atoms with Crippen LogP contribution in [0.3, 0.4) is 0 Å². The van der Waals surface area contributed by atoms with Crippen molar-refractivity contribution >= 4 is 11.6 Å². The first-order chi connectivity index (χ1) is 20.1. The molecule has 222 valence electrons. The lowest BCUT2D eigenvalue weighted by atomic mass is 10.0. The Morgan fingerprint density at radius 2 is 1.86 bits per heavy atom. The summed E-state index contributed by atoms with van der Waals surface area (Å²) in [4.78, 5) is 26.2. The molecule has 1 aromatic carbocycles. The summed E-state index contributed by atoms with van der Waals surface area (Å²) in [5.74, 6) is 0.671. The molecule has 1 aliphatic heterocycles. The van der Waals surface area contributed by atoms with Crippen molar-refractivity contribution in [2.45, 2.75) is 32.1 Å². The molecule has 10 nitrogen and oxygen atoms in total. The van der Waals surface area contributed by atoms with E-state index in [2.05, 4.69) is 15.1 Å². The average molecular weight is 585 g/mol. The van der Waals surface area contributed by atoms with Crippen molar-refractivity contribution in [2.75, 3.05) is 40.5 Å². The Labute approximate surface area is 240 Å². The molecule has 0 bridgehead atoms. The highest BCUT2D eigenvalue weighted by Crippen LogP contribution is 2.37. The second-order valence-corrected chi connectivity index (χ2v) is 10.1. The quantitative estimate of drug-likeness (QED) is 0.348. The molecular formula is C29H31F3N6O4. The second kappa shape index (κ2) is 11.6. The number of alkyl halides is 3. The monoisotopic (exact) mass is 584 g/mol. The van der Waals surface area contributed by atoms with E-state index in [1.165, 1.54) is 14.0 Å². The van der Waals surface area contributed by atoms with Gasteiger partial charge in [0.25, 0.3) is 5.91 Å². The first kappa shape index (κ1) is 29.3. The molecule has 0 radical (unpaired) electrons. The minimum Gasteiger partial charge on any atom is -0.497 e. The molecule has 1 amide bonds. The molecule has 1 aliphatic rings. The van der Waals surface area contributed by atoms with Crippen LogP contribution in [0.15, 0.2) is 48.9 Å². The Morgan fingerprint density at radius 1 is 1.12 bits per heavy atom. The third kappa shape index (κ3) is 5.25. The van der Waals surface area contributed by atoms with E-state index in [9.17, 15) is 23.1 Å². The Morgan fingerprint density at radius 3 is 2.48 bits per heavy atom. The van der Waals surface area contributed by atoms with Crippen LogP contribution in [0.2, 0.25) is 0 Å². The predicted molar refractivity (Wildman–Crippen MR) is 147 cm³/mol. The normalized spacial score (nSPS) is 17.0. The standard InChI is InChI=1S/C29H31F3N6O4/c1-17-15-36(23(16-39)21-13-33-10-9-24(21)42-4)11-12-37(17)28(40)22-14-34-38-26(29(30,31)32)18(2)25(35-27(22)38)19-5-7-20(41-3)8-6-19/h5-10,13-14,17,23,39H,11-12,15-16H2,1-4H3/t17-,23?/m1/s1. The zero-order valence-corrected chi connectivity index (χ0v) is 23.6. The van der Waals surface area contributed by atoms with Crippen molar-refractivity contribution in [1.82, 2.24) is 29.4 Å². The highest BCUT2D eigenvalue weighted by molar-refractivity contribution is 6.00. The van der Waals surface area contributed by atoms with E-state index in [1.54, 1.807) is 54.7 Å². The number of aliphatic hydroxyl groups is 1. The number of amides is 1. The average Bonchev–Trinajstić information content (AvgIpc) is 3.39. The molecule has 1 unspecified atom stereocenters. The molecule has 0 spiro atoms. The van der Waals surface area contributed by atoms with Crippen molar-refractivity contribution in [1.29, 1.82) is 0 Å². The van der Waals surface area contributed by atoms with Crippen LogP contribution < -0.4 is 9.47 Å². The topological polar surface area (TPSA) is 105 Å². The maximum Gasteiger partial charge on any atom is 0.433 e. The Balaban J connectivity index is 1.48. The summed E-state index contributed by atoms with van der Waals surface area (Å²) in [5, 5.41) is 14.2. The summed E-state index contributed by atoms with van der Waals surface area (Å²) >= 11 is 0. The van der Waals surface area contributed by atoms with Gasteiger partial charge in [0, 0.05) is 54.8 Å². The van der Waals surface area contributed by atoms with E-state index in [0.717, 1.165) is 11.8 Å². The van der Waals surface area contributed by atoms with E-state index in [0.29, 0.717) is 34.7 Å². The van der Waals surface area contributed by atoms with E-state index in [-0.39, 0.29) is 41.7 Å². The van der Waals surface area contributed by atoms with Gasteiger partial charge in [-0.3, -0.25) is 14.7 Å². The fraction of sp³-hybridized carbons (Fsp3) is 0.379. The lowest BCUT2D eigenvalue weighted by molar-refractivity contribution is -0.143. The van der Waals surface area contributed by atoms with Gasteiger partial charge >= 0.3 is 6.18 Å². The van der Waals surface area contributed by atoms with Crippen LogP contribution in [0.25, 0.3) is 16.9 Å². The molecule has 42 heavy (non-hydrogen) atoms. The molecule has 0 aliphatic carbocycles. The van der Waals surface area contributed by atoms with Crippen LogP contribution >= 0.6 is 0 Å². The number of pyridine rings is 1. The van der Waals surface area contributed by atoms with Gasteiger partial charge in [0.1, 0.15) is 17.1 Å². The van der Waals surface area contributed by atoms with Crippen LogP contribution in [0.1, 0.15) is 40.1 Å². The lowest BCUT2D eigenvalue weighted by Crippen LogP contribution is -2.55. The van der Waals surface area contributed by atoms with Gasteiger partial charge in [-0.1, -0.05) is 0 Å². The van der Waals surface area contributed by atoms with Crippen LogP contribution in [0, 0.1) is 6.92 Å². The molecule has 3 aromatic heterocycles. The number of carbonyl (C=O) groups excluding carboxylic acids is 1. The van der Waals surface area contributed by atoms with E-state index < -0.39 is 23.8 Å². The molecule has 1 fully saturated rings. The van der Waals surface area contributed by atoms with Crippen LogP contribution in [0.4, 0.5) is 13.2 Å². The SMILES string of the molecule is COc1ccc(-c2nc3c(C(=O)N4CCN(C(CO)c5cnccc5OC)C[C@H]4C)cnn3c(C(F)(F)F)c2C)cc1. The van der Waals surface area contributed by atoms with Crippen molar-refractivity contribution in [3.05, 3.63) is 71.3 Å². The predicted octanol–water partition coefficient (Wildman–Crippen LogP) is 4.02. The Kier molecular flexibility index (Phi) is 8.06. The van der Waals surface area contributed by atoms with Crippen molar-refractivity contribution in [3.8, 4) is 22.8 Å². The van der Waals surface area contributed by atoms with Crippen LogP contribution in [0.5, 0.6) is 11.5 Å². The molecule has 4 heterocycles. The summed E-state index contributed by atoms with van der Waals surface area (Å²) in [6.45, 7) is 4.11. The van der Waals surface area contributed by atoms with Gasteiger partial charge < -0.3 is 19.5 Å². The number of hydrogen-bond acceptors (Lipinski definition) is 8. The van der Waals surface area contributed by atoms with Crippen LogP contribution in [-0.4, -0.2) is 86.9 Å². The molecule has 2 atom stereocenters. The third-order valence-electron chi connectivity index (χ3n) is 7.67. The highest BCUT2D eigenvalue weighted by atomic mass is 19.4. The van der Waals surface area contributed by atoms with Crippen molar-refractivity contribution in [2.24, 2.45) is 0 Å². The largest absolute Gasteiger partial charge is 0.497 e.